The first-order valence-electron chi connectivity index (χ1n) is 7.98. The largest absolute Gasteiger partial charge is 0.492 e. The summed E-state index contributed by atoms with van der Waals surface area (Å²) in [4.78, 5) is 6.39. The van der Waals surface area contributed by atoms with Crippen LogP contribution in [0.2, 0.25) is 0 Å². The van der Waals surface area contributed by atoms with Crippen molar-refractivity contribution in [2.45, 2.75) is 50.9 Å². The molecule has 0 unspecified atom stereocenters. The zero-order valence-corrected chi connectivity index (χ0v) is 12.6. The smallest absolute Gasteiger partial charge is 0.423 e. The maximum Gasteiger partial charge on any atom is 0.492 e. The van der Waals surface area contributed by atoms with E-state index in [1.807, 2.05) is 0 Å². The lowest BCUT2D eigenvalue weighted by Crippen LogP contribution is -2.40. The summed E-state index contributed by atoms with van der Waals surface area (Å²) in [6.07, 6.45) is 3.95. The Labute approximate surface area is 129 Å². The van der Waals surface area contributed by atoms with Gasteiger partial charge in [-0.15, -0.1) is 0 Å². The van der Waals surface area contributed by atoms with Crippen molar-refractivity contribution >= 4 is 18.4 Å². The Bertz CT molecular complexity index is 555. The van der Waals surface area contributed by atoms with Gasteiger partial charge in [0.05, 0.1) is 0 Å². The maximum atomic E-state index is 13.5. The van der Waals surface area contributed by atoms with Crippen LogP contribution in [-0.4, -0.2) is 41.2 Å². The molecule has 3 rings (SSSR count). The Morgan fingerprint density at radius 2 is 1.86 bits per heavy atom. The van der Waals surface area contributed by atoms with Gasteiger partial charge in [-0.3, -0.25) is 0 Å². The molecule has 1 aromatic rings. The highest BCUT2D eigenvalue weighted by molar-refractivity contribution is 6.60. The minimum Gasteiger partial charge on any atom is -0.423 e. The minimum atomic E-state index is -2.64. The molecule has 1 aliphatic heterocycles. The SMILES string of the molecule is OB(O)c1cc2c(nc1N1CCCC(F)(F)CC1)CCCC2. The zero-order chi connectivity index (χ0) is 15.7. The van der Waals surface area contributed by atoms with E-state index >= 15 is 0 Å². The molecule has 4 nitrogen and oxygen atoms in total. The molecule has 1 saturated heterocycles. The van der Waals surface area contributed by atoms with Crippen LogP contribution in [0.1, 0.15) is 43.4 Å². The van der Waals surface area contributed by atoms with E-state index in [0.717, 1.165) is 36.9 Å². The lowest BCUT2D eigenvalue weighted by molar-refractivity contribution is -0.0102. The fourth-order valence-corrected chi connectivity index (χ4v) is 3.36. The zero-order valence-electron chi connectivity index (χ0n) is 12.6. The van der Waals surface area contributed by atoms with Crippen LogP contribution in [0.5, 0.6) is 0 Å². The molecule has 0 atom stereocenters. The van der Waals surface area contributed by atoms with Crippen LogP contribution in [0.4, 0.5) is 14.6 Å². The lowest BCUT2D eigenvalue weighted by Gasteiger charge is -2.27. The fraction of sp³-hybridized carbons (Fsp3) is 0.667. The highest BCUT2D eigenvalue weighted by Gasteiger charge is 2.33. The Morgan fingerprint density at radius 3 is 2.64 bits per heavy atom. The number of rotatable bonds is 2. The van der Waals surface area contributed by atoms with Crippen molar-refractivity contribution in [1.82, 2.24) is 4.98 Å². The second-order valence-electron chi connectivity index (χ2n) is 6.28. The first kappa shape index (κ1) is 15.7. The summed E-state index contributed by atoms with van der Waals surface area (Å²) < 4.78 is 27.1. The molecule has 1 aromatic heterocycles. The molecule has 1 fully saturated rings. The van der Waals surface area contributed by atoms with Gasteiger partial charge in [0.25, 0.3) is 0 Å². The van der Waals surface area contributed by atoms with Gasteiger partial charge in [0.15, 0.2) is 0 Å². The van der Waals surface area contributed by atoms with Gasteiger partial charge in [0.2, 0.25) is 5.92 Å². The fourth-order valence-electron chi connectivity index (χ4n) is 3.36. The molecule has 0 radical (unpaired) electrons. The molecule has 0 spiro atoms. The molecule has 120 valence electrons. The van der Waals surface area contributed by atoms with Crippen LogP contribution in [0.3, 0.4) is 0 Å². The molecular formula is C15H21BF2N2O2. The number of hydrogen-bond acceptors (Lipinski definition) is 4. The second kappa shape index (κ2) is 6.12. The van der Waals surface area contributed by atoms with Crippen LogP contribution in [0.15, 0.2) is 6.07 Å². The number of anilines is 1. The van der Waals surface area contributed by atoms with E-state index in [-0.39, 0.29) is 19.4 Å². The Balaban J connectivity index is 1.94. The van der Waals surface area contributed by atoms with Gasteiger partial charge in [-0.2, -0.15) is 0 Å². The Kier molecular flexibility index (Phi) is 4.36. The van der Waals surface area contributed by atoms with Crippen LogP contribution in [0, 0.1) is 0 Å². The summed E-state index contributed by atoms with van der Waals surface area (Å²) in [6.45, 7) is 0.666. The van der Waals surface area contributed by atoms with Crippen LogP contribution < -0.4 is 10.4 Å². The molecule has 0 saturated carbocycles. The highest BCUT2D eigenvalue weighted by atomic mass is 19.3. The molecule has 0 amide bonds. The van der Waals surface area contributed by atoms with E-state index < -0.39 is 13.0 Å². The number of pyridine rings is 1. The van der Waals surface area contributed by atoms with Crippen LogP contribution in [0.25, 0.3) is 0 Å². The minimum absolute atomic E-state index is 0.120. The molecular weight excluding hydrogens is 289 g/mol. The van der Waals surface area contributed by atoms with E-state index in [4.69, 9.17) is 0 Å². The molecule has 22 heavy (non-hydrogen) atoms. The lowest BCUT2D eigenvalue weighted by atomic mass is 9.78. The van der Waals surface area contributed by atoms with E-state index in [0.29, 0.717) is 24.2 Å². The van der Waals surface area contributed by atoms with E-state index in [1.165, 1.54) is 0 Å². The van der Waals surface area contributed by atoms with Gasteiger partial charge in [0, 0.05) is 37.1 Å². The molecule has 0 bridgehead atoms. The van der Waals surface area contributed by atoms with Crippen LogP contribution >= 0.6 is 0 Å². The average Bonchev–Trinajstić information content (AvgIpc) is 2.66. The first-order valence-corrected chi connectivity index (χ1v) is 7.98. The topological polar surface area (TPSA) is 56.6 Å². The number of fused-ring (bicyclic) bond motifs is 1. The summed E-state index contributed by atoms with van der Waals surface area (Å²) in [6, 6.07) is 1.80. The van der Waals surface area contributed by atoms with Gasteiger partial charge < -0.3 is 14.9 Å². The monoisotopic (exact) mass is 310 g/mol. The van der Waals surface area contributed by atoms with Gasteiger partial charge >= 0.3 is 7.12 Å². The molecule has 0 aromatic carbocycles. The normalized spacial score (nSPS) is 21.2. The van der Waals surface area contributed by atoms with Crippen molar-refractivity contribution in [2.24, 2.45) is 0 Å². The summed E-state index contributed by atoms with van der Waals surface area (Å²) in [5, 5.41) is 19.3. The highest BCUT2D eigenvalue weighted by Crippen LogP contribution is 2.30. The molecule has 1 aliphatic carbocycles. The predicted molar refractivity (Wildman–Crippen MR) is 81.7 cm³/mol. The summed E-state index contributed by atoms with van der Waals surface area (Å²) in [7, 11) is -1.63. The maximum absolute atomic E-state index is 13.5. The number of hydrogen-bond donors (Lipinski definition) is 2. The molecule has 2 heterocycles. The molecule has 2 aliphatic rings. The predicted octanol–water partition coefficient (Wildman–Crippen LogP) is 1.27. The Morgan fingerprint density at radius 1 is 1.09 bits per heavy atom. The summed E-state index contributed by atoms with van der Waals surface area (Å²) in [5.74, 6) is -2.17. The number of halogens is 2. The van der Waals surface area contributed by atoms with Gasteiger partial charge in [-0.05, 0) is 37.7 Å². The van der Waals surface area contributed by atoms with Crippen molar-refractivity contribution in [1.29, 1.82) is 0 Å². The third kappa shape index (κ3) is 3.25. The van der Waals surface area contributed by atoms with Crippen molar-refractivity contribution < 1.29 is 18.8 Å². The van der Waals surface area contributed by atoms with E-state index in [2.05, 4.69) is 4.98 Å². The van der Waals surface area contributed by atoms with Crippen molar-refractivity contribution in [2.75, 3.05) is 18.0 Å². The quantitative estimate of drug-likeness (QED) is 0.808. The first-order chi connectivity index (χ1) is 10.5. The molecule has 2 N–H and O–H groups in total. The van der Waals surface area contributed by atoms with Gasteiger partial charge in [-0.1, -0.05) is 6.07 Å². The number of aryl methyl sites for hydroxylation is 2. The van der Waals surface area contributed by atoms with Crippen molar-refractivity contribution in [3.63, 3.8) is 0 Å². The number of aromatic nitrogens is 1. The summed E-state index contributed by atoms with van der Waals surface area (Å²) in [5.41, 5.74) is 2.37. The van der Waals surface area contributed by atoms with E-state index in [1.54, 1.807) is 11.0 Å². The standard InChI is InChI=1S/C15H21BF2N2O2/c17-15(18)6-3-8-20(9-7-15)14-12(16(21)22)10-11-4-1-2-5-13(11)19-14/h10,21-22H,1-9H2. The number of alkyl halides is 2. The van der Waals surface area contributed by atoms with Crippen molar-refractivity contribution in [3.8, 4) is 0 Å². The average molecular weight is 310 g/mol. The van der Waals surface area contributed by atoms with Crippen LogP contribution in [-0.2, 0) is 12.8 Å². The third-order valence-electron chi connectivity index (χ3n) is 4.60. The second-order valence-corrected chi connectivity index (χ2v) is 6.28. The third-order valence-corrected chi connectivity index (χ3v) is 4.60. The summed E-state index contributed by atoms with van der Waals surface area (Å²) >= 11 is 0. The molecule has 7 heteroatoms. The van der Waals surface area contributed by atoms with Crippen molar-refractivity contribution in [3.05, 3.63) is 17.3 Å². The Hall–Kier alpha value is -1.21. The van der Waals surface area contributed by atoms with Gasteiger partial charge in [0.1, 0.15) is 5.82 Å². The van der Waals surface area contributed by atoms with E-state index in [9.17, 15) is 18.8 Å². The number of nitrogens with zero attached hydrogens (tertiary/aromatic N) is 2. The van der Waals surface area contributed by atoms with Gasteiger partial charge in [-0.25, -0.2) is 13.8 Å².